The minimum atomic E-state index is -0.158. The molecule has 0 unspecified atom stereocenters. The lowest BCUT2D eigenvalue weighted by molar-refractivity contribution is 0.0696. The molecule has 56 heavy (non-hydrogen) atoms. The molecule has 0 saturated carbocycles. The van der Waals surface area contributed by atoms with Gasteiger partial charge in [-0.1, -0.05) is 36.4 Å². The van der Waals surface area contributed by atoms with Gasteiger partial charge in [-0.2, -0.15) is 0 Å². The molecule has 1 N–H and O–H groups in total. The highest BCUT2D eigenvalue weighted by Gasteiger charge is 2.35. The normalized spacial score (nSPS) is 17.6. The number of aromatic nitrogens is 1. The molecule has 12 nitrogen and oxygen atoms in total. The van der Waals surface area contributed by atoms with E-state index in [2.05, 4.69) is 35.6 Å². The van der Waals surface area contributed by atoms with Crippen molar-refractivity contribution in [1.29, 1.82) is 0 Å². The molecule has 12 heteroatoms. The Kier molecular flexibility index (Phi) is 9.08. The Morgan fingerprint density at radius 1 is 0.625 bits per heavy atom. The third-order valence-corrected chi connectivity index (χ3v) is 10.9. The van der Waals surface area contributed by atoms with Crippen LogP contribution in [0.3, 0.4) is 0 Å². The maximum Gasteiger partial charge on any atom is 0.257 e. The Balaban J connectivity index is 0.893. The second kappa shape index (κ2) is 14.5. The van der Waals surface area contributed by atoms with Crippen molar-refractivity contribution in [1.82, 2.24) is 14.8 Å². The highest BCUT2D eigenvalue weighted by molar-refractivity contribution is 6.04. The number of benzene rings is 4. The van der Waals surface area contributed by atoms with E-state index in [9.17, 15) is 9.59 Å². The van der Waals surface area contributed by atoms with Crippen molar-refractivity contribution < 1.29 is 28.5 Å². The monoisotopic (exact) mass is 748 g/mol. The van der Waals surface area contributed by atoms with E-state index in [-0.39, 0.29) is 37.1 Å². The maximum atomic E-state index is 13.9. The summed E-state index contributed by atoms with van der Waals surface area (Å²) in [6, 6.07) is 26.7. The first-order valence-electron chi connectivity index (χ1n) is 18.6. The van der Waals surface area contributed by atoms with Crippen LogP contribution in [0.2, 0.25) is 0 Å². The molecule has 4 aliphatic rings. The zero-order valence-electron chi connectivity index (χ0n) is 31.3. The fraction of sp³-hybridized carbons (Fsp3) is 0.250. The van der Waals surface area contributed by atoms with Crippen LogP contribution in [0.4, 0.5) is 17.1 Å². The highest BCUT2D eigenvalue weighted by Crippen LogP contribution is 2.40. The molecule has 2 atom stereocenters. The lowest BCUT2D eigenvalue weighted by Crippen LogP contribution is -2.44. The quantitative estimate of drug-likeness (QED) is 0.173. The van der Waals surface area contributed by atoms with Crippen molar-refractivity contribution in [2.75, 3.05) is 26.6 Å². The lowest BCUT2D eigenvalue weighted by Gasteiger charge is -2.34. The van der Waals surface area contributed by atoms with E-state index < -0.39 is 0 Å². The summed E-state index contributed by atoms with van der Waals surface area (Å²) in [5.74, 6) is 1.57. The van der Waals surface area contributed by atoms with Crippen molar-refractivity contribution >= 4 is 41.3 Å². The number of amides is 2. The fourth-order valence-corrected chi connectivity index (χ4v) is 7.86. The van der Waals surface area contributed by atoms with Gasteiger partial charge in [0.2, 0.25) is 0 Å². The van der Waals surface area contributed by atoms with Gasteiger partial charge in [-0.25, -0.2) is 0 Å². The Labute approximate surface area is 324 Å². The molecule has 9 rings (SSSR count). The van der Waals surface area contributed by atoms with E-state index in [0.717, 1.165) is 16.8 Å². The van der Waals surface area contributed by atoms with Crippen molar-refractivity contribution in [2.45, 2.75) is 51.2 Å². The standard InChI is InChI=1S/C44H40N6O6/c1-45-30-12-11-27-15-34-21-47-38-19-42(40(54-3)17-36(38)44(52)50(34)23-29(27)13-30)56-25-32-10-6-9-31(48-32)24-55-41-18-37-35(16-39(41)53-2)43(51)49-22-28-8-5-4-7-26(28)14-33(49)20-46-37/h4-13,16-21,33-34,45H,14-15,22-25H2,1-3H3/t33-,34-/m0/s1. The van der Waals surface area contributed by atoms with Crippen molar-refractivity contribution in [3.05, 3.63) is 130 Å². The van der Waals surface area contributed by atoms with Gasteiger partial charge < -0.3 is 34.1 Å². The predicted octanol–water partition coefficient (Wildman–Crippen LogP) is 6.86. The van der Waals surface area contributed by atoms with Crippen LogP contribution >= 0.6 is 0 Å². The van der Waals surface area contributed by atoms with E-state index in [1.807, 2.05) is 59.6 Å². The molecule has 0 spiro atoms. The first-order chi connectivity index (χ1) is 27.4. The number of nitrogens with zero attached hydrogens (tertiary/aromatic N) is 5. The molecule has 5 heterocycles. The van der Waals surface area contributed by atoms with E-state index >= 15 is 0 Å². The molecule has 282 valence electrons. The van der Waals surface area contributed by atoms with Gasteiger partial charge >= 0.3 is 0 Å². The molecule has 0 saturated heterocycles. The summed E-state index contributed by atoms with van der Waals surface area (Å²) in [5.41, 5.74) is 9.04. The van der Waals surface area contributed by atoms with Gasteiger partial charge in [-0.3, -0.25) is 24.6 Å². The molecule has 4 aliphatic heterocycles. The fourth-order valence-electron chi connectivity index (χ4n) is 7.86. The van der Waals surface area contributed by atoms with E-state index in [4.69, 9.17) is 33.9 Å². The molecule has 0 fully saturated rings. The van der Waals surface area contributed by atoms with Crippen LogP contribution < -0.4 is 24.3 Å². The molecule has 5 aromatic rings. The first-order valence-corrected chi connectivity index (χ1v) is 18.6. The number of hydrogen-bond acceptors (Lipinski definition) is 10. The van der Waals surface area contributed by atoms with Crippen LogP contribution in [0.5, 0.6) is 23.0 Å². The third kappa shape index (κ3) is 6.46. The minimum Gasteiger partial charge on any atom is -0.493 e. The average molecular weight is 749 g/mol. The number of ether oxygens (including phenoxy) is 4. The summed E-state index contributed by atoms with van der Waals surface area (Å²) in [4.78, 5) is 45.7. The number of anilines is 1. The first kappa shape index (κ1) is 35.0. The Morgan fingerprint density at radius 3 is 1.71 bits per heavy atom. The number of carbonyl (C=O) groups is 2. The Morgan fingerprint density at radius 2 is 1.16 bits per heavy atom. The largest absolute Gasteiger partial charge is 0.493 e. The Bertz CT molecular complexity index is 2450. The summed E-state index contributed by atoms with van der Waals surface area (Å²) >= 11 is 0. The maximum absolute atomic E-state index is 13.9. The lowest BCUT2D eigenvalue weighted by atomic mass is 9.93. The molecule has 0 radical (unpaired) electrons. The topological polar surface area (TPSA) is 127 Å². The smallest absolute Gasteiger partial charge is 0.257 e. The van der Waals surface area contributed by atoms with Crippen LogP contribution in [-0.4, -0.2) is 72.4 Å². The van der Waals surface area contributed by atoms with Crippen molar-refractivity contribution in [3.63, 3.8) is 0 Å². The van der Waals surface area contributed by atoms with Gasteiger partial charge in [0, 0.05) is 50.4 Å². The molecular weight excluding hydrogens is 709 g/mol. The SMILES string of the molecule is CNc1ccc2c(c1)CN1C(=O)c3cc(OC)c(OCc4cccc(COc5cc6c(cc5OC)C(=O)N5Cc7ccccc7C[C@H]5C=N6)n4)cc3N=C[C@@H]1C2. The zero-order valence-corrected chi connectivity index (χ0v) is 31.3. The molecule has 1 aromatic heterocycles. The zero-order chi connectivity index (χ0) is 38.3. The van der Waals surface area contributed by atoms with Gasteiger partial charge in [-0.05, 0) is 71.5 Å². The Hall–Kier alpha value is -6.69. The van der Waals surface area contributed by atoms with Gasteiger partial charge in [0.05, 0.1) is 60.2 Å². The van der Waals surface area contributed by atoms with Crippen molar-refractivity contribution in [2.24, 2.45) is 9.98 Å². The second-order valence-corrected chi connectivity index (χ2v) is 14.2. The number of hydrogen-bond donors (Lipinski definition) is 1. The summed E-state index contributed by atoms with van der Waals surface area (Å²) in [5, 5.41) is 3.18. The molecular formula is C44H40N6O6. The molecule has 0 bridgehead atoms. The van der Waals surface area contributed by atoms with Gasteiger partial charge in [0.25, 0.3) is 11.8 Å². The van der Waals surface area contributed by atoms with Crippen LogP contribution in [-0.2, 0) is 39.1 Å². The number of nitrogens with one attached hydrogen (secondary N) is 1. The van der Waals surface area contributed by atoms with Crippen LogP contribution in [0.1, 0.15) is 54.4 Å². The number of pyridine rings is 1. The van der Waals surface area contributed by atoms with E-state index in [1.54, 1.807) is 38.5 Å². The van der Waals surface area contributed by atoms with E-state index in [0.29, 0.717) is 82.8 Å². The summed E-state index contributed by atoms with van der Waals surface area (Å²) < 4.78 is 23.9. The van der Waals surface area contributed by atoms with Crippen LogP contribution in [0.25, 0.3) is 0 Å². The third-order valence-electron chi connectivity index (χ3n) is 10.9. The van der Waals surface area contributed by atoms with Gasteiger partial charge in [0.15, 0.2) is 23.0 Å². The number of carbonyl (C=O) groups excluding carboxylic acids is 2. The summed E-state index contributed by atoms with van der Waals surface area (Å²) in [6.07, 6.45) is 5.11. The molecule has 4 aromatic carbocycles. The number of aliphatic imine (C=N–C) groups is 2. The second-order valence-electron chi connectivity index (χ2n) is 14.2. The van der Waals surface area contributed by atoms with Gasteiger partial charge in [0.1, 0.15) is 13.2 Å². The minimum absolute atomic E-state index is 0.0917. The van der Waals surface area contributed by atoms with Crippen LogP contribution in [0, 0.1) is 0 Å². The highest BCUT2D eigenvalue weighted by atomic mass is 16.5. The van der Waals surface area contributed by atoms with E-state index in [1.165, 1.54) is 11.1 Å². The molecule has 2 amide bonds. The summed E-state index contributed by atoms with van der Waals surface area (Å²) in [6.45, 7) is 1.30. The average Bonchev–Trinajstić information content (AvgIpc) is 3.45. The van der Waals surface area contributed by atoms with Gasteiger partial charge in [-0.15, -0.1) is 0 Å². The number of methoxy groups -OCH3 is 2. The van der Waals surface area contributed by atoms with Crippen LogP contribution in [0.15, 0.2) is 94.9 Å². The summed E-state index contributed by atoms with van der Waals surface area (Å²) in [7, 11) is 4.99. The molecule has 0 aliphatic carbocycles. The number of fused-ring (bicyclic) bond motifs is 6. The van der Waals surface area contributed by atoms with Crippen molar-refractivity contribution in [3.8, 4) is 23.0 Å². The number of rotatable bonds is 9. The predicted molar refractivity (Wildman–Crippen MR) is 212 cm³/mol.